The van der Waals surface area contributed by atoms with Gasteiger partial charge in [-0.2, -0.15) is 0 Å². The van der Waals surface area contributed by atoms with Gasteiger partial charge in [-0.1, -0.05) is 6.42 Å². The fourth-order valence-corrected chi connectivity index (χ4v) is 5.40. The molecule has 0 radical (unpaired) electrons. The number of aryl methyl sites for hydroxylation is 2. The number of carbonyl (C=O) groups is 1. The summed E-state index contributed by atoms with van der Waals surface area (Å²) < 4.78 is 1.83. The van der Waals surface area contributed by atoms with Crippen LogP contribution < -0.4 is 11.3 Å². The van der Waals surface area contributed by atoms with Gasteiger partial charge in [-0.3, -0.25) is 14.2 Å². The van der Waals surface area contributed by atoms with Gasteiger partial charge in [0, 0.05) is 32.1 Å². The summed E-state index contributed by atoms with van der Waals surface area (Å²) in [6, 6.07) is 0.103. The molecule has 1 fully saturated rings. The van der Waals surface area contributed by atoms with Gasteiger partial charge in [0.25, 0.3) is 11.5 Å². The number of aromatic nitrogens is 2. The third-order valence-electron chi connectivity index (χ3n) is 5.77. The maximum absolute atomic E-state index is 13.2. The highest BCUT2D eigenvalue weighted by atomic mass is 32.1. The quantitative estimate of drug-likeness (QED) is 0.875. The predicted molar refractivity (Wildman–Crippen MR) is 104 cm³/mol. The number of nitrogens with two attached hydrogens (primary N) is 1. The predicted octanol–water partition coefficient (Wildman–Crippen LogP) is 2.45. The Kier molecular flexibility index (Phi) is 4.84. The van der Waals surface area contributed by atoms with Gasteiger partial charge in [-0.15, -0.1) is 11.3 Å². The lowest BCUT2D eigenvalue weighted by molar-refractivity contribution is 0.0628. The highest BCUT2D eigenvalue weighted by Gasteiger charge is 2.30. The largest absolute Gasteiger partial charge is 0.334 e. The first-order valence-electron chi connectivity index (χ1n) is 9.65. The smallest absolute Gasteiger partial charge is 0.264 e. The lowest BCUT2D eigenvalue weighted by Crippen LogP contribution is -2.47. The number of hydrogen-bond donors (Lipinski definition) is 1. The van der Waals surface area contributed by atoms with Gasteiger partial charge < -0.3 is 10.6 Å². The SMILES string of the molecule is Cc1c(C(=O)N2CCCCC2CN)sc2nc3n(c(=O)c12)CCCCC3. The van der Waals surface area contributed by atoms with Crippen molar-refractivity contribution in [3.63, 3.8) is 0 Å². The average molecular weight is 375 g/mol. The summed E-state index contributed by atoms with van der Waals surface area (Å²) in [6.07, 6.45) is 7.15. The van der Waals surface area contributed by atoms with Gasteiger partial charge in [0.05, 0.1) is 10.3 Å². The molecular formula is C19H26N4O2S. The molecular weight excluding hydrogens is 348 g/mol. The van der Waals surface area contributed by atoms with E-state index >= 15 is 0 Å². The first-order chi connectivity index (χ1) is 12.6. The molecule has 0 spiro atoms. The third kappa shape index (κ3) is 2.87. The van der Waals surface area contributed by atoms with Gasteiger partial charge in [-0.25, -0.2) is 4.98 Å². The van der Waals surface area contributed by atoms with Crippen molar-refractivity contribution >= 4 is 27.5 Å². The van der Waals surface area contributed by atoms with Gasteiger partial charge in [-0.05, 0) is 44.6 Å². The van der Waals surface area contributed by atoms with E-state index in [4.69, 9.17) is 10.7 Å². The third-order valence-corrected chi connectivity index (χ3v) is 6.94. The first kappa shape index (κ1) is 17.7. The molecule has 7 heteroatoms. The molecule has 140 valence electrons. The Bertz CT molecular complexity index is 901. The molecule has 4 heterocycles. The van der Waals surface area contributed by atoms with E-state index in [-0.39, 0.29) is 17.5 Å². The number of fused-ring (bicyclic) bond motifs is 2. The molecule has 6 nitrogen and oxygen atoms in total. The molecule has 2 aromatic rings. The second kappa shape index (κ2) is 7.12. The molecule has 2 aliphatic rings. The van der Waals surface area contributed by atoms with Gasteiger partial charge >= 0.3 is 0 Å². The van der Waals surface area contributed by atoms with Crippen LogP contribution in [0.3, 0.4) is 0 Å². The van der Waals surface area contributed by atoms with E-state index in [0.717, 1.165) is 69.4 Å². The number of likely N-dealkylation sites (tertiary alicyclic amines) is 1. The standard InChI is InChI=1S/C19H26N4O2S/c1-12-15-17(21-14-8-3-2-5-10-23(14)18(15)24)26-16(12)19(25)22-9-6-4-7-13(22)11-20/h13H,2-11,20H2,1H3. The van der Waals surface area contributed by atoms with E-state index in [1.165, 1.54) is 11.3 Å². The molecule has 0 aromatic carbocycles. The number of nitrogens with zero attached hydrogens (tertiary/aromatic N) is 3. The Morgan fingerprint density at radius 1 is 1.23 bits per heavy atom. The van der Waals surface area contributed by atoms with Crippen LogP contribution >= 0.6 is 11.3 Å². The van der Waals surface area contributed by atoms with Gasteiger partial charge in [0.15, 0.2) is 0 Å². The molecule has 26 heavy (non-hydrogen) atoms. The zero-order valence-corrected chi connectivity index (χ0v) is 16.1. The number of hydrogen-bond acceptors (Lipinski definition) is 5. The molecule has 2 N–H and O–H groups in total. The Balaban J connectivity index is 1.79. The van der Waals surface area contributed by atoms with Crippen LogP contribution in [0.25, 0.3) is 10.2 Å². The number of carbonyl (C=O) groups excluding carboxylic acids is 1. The van der Waals surface area contributed by atoms with Crippen LogP contribution in [0, 0.1) is 6.92 Å². The summed E-state index contributed by atoms with van der Waals surface area (Å²) in [7, 11) is 0. The van der Waals surface area contributed by atoms with E-state index < -0.39 is 0 Å². The van der Waals surface area contributed by atoms with Crippen LogP contribution in [0.4, 0.5) is 0 Å². The zero-order valence-electron chi connectivity index (χ0n) is 15.3. The van der Waals surface area contributed by atoms with E-state index in [1.54, 1.807) is 0 Å². The minimum Gasteiger partial charge on any atom is -0.334 e. The average Bonchev–Trinajstić information content (AvgIpc) is 2.83. The Morgan fingerprint density at radius 2 is 2.04 bits per heavy atom. The number of piperidine rings is 1. The maximum atomic E-state index is 13.2. The molecule has 1 amide bonds. The molecule has 1 atom stereocenters. The minimum atomic E-state index is 0.0141. The van der Waals surface area contributed by atoms with E-state index in [1.807, 2.05) is 16.4 Å². The topological polar surface area (TPSA) is 81.2 Å². The van der Waals surface area contributed by atoms with E-state index in [0.29, 0.717) is 21.6 Å². The number of amides is 1. The Labute approximate surface area is 157 Å². The summed E-state index contributed by atoms with van der Waals surface area (Å²) in [5.74, 6) is 0.887. The maximum Gasteiger partial charge on any atom is 0.264 e. The van der Waals surface area contributed by atoms with Crippen molar-refractivity contribution in [2.45, 2.75) is 64.5 Å². The fourth-order valence-electron chi connectivity index (χ4n) is 4.26. The Morgan fingerprint density at radius 3 is 2.85 bits per heavy atom. The number of rotatable bonds is 2. The molecule has 2 aromatic heterocycles. The first-order valence-corrected chi connectivity index (χ1v) is 10.5. The van der Waals surface area contributed by atoms with E-state index in [9.17, 15) is 9.59 Å². The molecule has 1 unspecified atom stereocenters. The van der Waals surface area contributed by atoms with Crippen molar-refractivity contribution in [2.24, 2.45) is 5.73 Å². The molecule has 0 saturated carbocycles. The summed E-state index contributed by atoms with van der Waals surface area (Å²) >= 11 is 1.38. The van der Waals surface area contributed by atoms with E-state index in [2.05, 4.69) is 0 Å². The van der Waals surface area contributed by atoms with Crippen molar-refractivity contribution < 1.29 is 4.79 Å². The second-order valence-corrected chi connectivity index (χ2v) is 8.41. The van der Waals surface area contributed by atoms with Crippen LogP contribution in [0.5, 0.6) is 0 Å². The zero-order chi connectivity index (χ0) is 18.3. The normalized spacial score (nSPS) is 20.8. The van der Waals surface area contributed by atoms with Crippen LogP contribution in [0.15, 0.2) is 4.79 Å². The van der Waals surface area contributed by atoms with Crippen molar-refractivity contribution in [3.8, 4) is 0 Å². The molecule has 4 rings (SSSR count). The lowest BCUT2D eigenvalue weighted by atomic mass is 10.0. The van der Waals surface area contributed by atoms with Crippen molar-refractivity contribution in [2.75, 3.05) is 13.1 Å². The van der Waals surface area contributed by atoms with Crippen LogP contribution in [0.2, 0.25) is 0 Å². The van der Waals surface area contributed by atoms with Crippen LogP contribution in [-0.4, -0.2) is 39.5 Å². The number of thiophene rings is 1. The van der Waals surface area contributed by atoms with Gasteiger partial charge in [0.2, 0.25) is 0 Å². The minimum absolute atomic E-state index is 0.0141. The summed E-state index contributed by atoms with van der Waals surface area (Å²) in [4.78, 5) is 34.3. The van der Waals surface area contributed by atoms with Crippen molar-refractivity contribution in [3.05, 3.63) is 26.6 Å². The molecule has 1 saturated heterocycles. The highest BCUT2D eigenvalue weighted by Crippen LogP contribution is 2.31. The lowest BCUT2D eigenvalue weighted by Gasteiger charge is -2.34. The van der Waals surface area contributed by atoms with Crippen molar-refractivity contribution in [1.82, 2.24) is 14.5 Å². The molecule has 2 aliphatic heterocycles. The van der Waals surface area contributed by atoms with Crippen molar-refractivity contribution in [1.29, 1.82) is 0 Å². The summed E-state index contributed by atoms with van der Waals surface area (Å²) in [5, 5.41) is 0.630. The summed E-state index contributed by atoms with van der Waals surface area (Å²) in [6.45, 7) is 3.86. The monoisotopic (exact) mass is 374 g/mol. The second-order valence-electron chi connectivity index (χ2n) is 7.42. The fraction of sp³-hybridized carbons (Fsp3) is 0.632. The Hall–Kier alpha value is -1.73. The molecule has 0 bridgehead atoms. The summed E-state index contributed by atoms with van der Waals surface area (Å²) in [5.41, 5.74) is 6.70. The van der Waals surface area contributed by atoms with Gasteiger partial charge in [0.1, 0.15) is 10.7 Å². The van der Waals surface area contributed by atoms with Crippen LogP contribution in [0.1, 0.15) is 59.6 Å². The van der Waals surface area contributed by atoms with Crippen LogP contribution in [-0.2, 0) is 13.0 Å². The highest BCUT2D eigenvalue weighted by molar-refractivity contribution is 7.20. The molecule has 0 aliphatic carbocycles.